The molecule has 0 amide bonds. The average molecular weight is 450 g/mol. The van der Waals surface area contributed by atoms with Gasteiger partial charge in [-0.3, -0.25) is 0 Å². The second kappa shape index (κ2) is 9.25. The van der Waals surface area contributed by atoms with Crippen molar-refractivity contribution in [2.45, 2.75) is 12.7 Å². The zero-order valence-electron chi connectivity index (χ0n) is 15.5. The number of benzene rings is 3. The second-order valence-corrected chi connectivity index (χ2v) is 7.31. The first kappa shape index (κ1) is 19.7. The molecule has 0 N–H and O–H groups in total. The fraction of sp³-hybridized carbons (Fsp3) is 0.136. The Hall–Kier alpha value is -2.63. The van der Waals surface area contributed by atoms with Gasteiger partial charge < -0.3 is 18.7 Å². The number of ether oxygens (including phenoxy) is 1. The lowest BCUT2D eigenvalue weighted by Crippen LogP contribution is -2.19. The summed E-state index contributed by atoms with van der Waals surface area (Å²) >= 11 is 3.54. The molecule has 7 heteroatoms. The Morgan fingerprint density at radius 3 is 2.55 bits per heavy atom. The number of nitriles is 1. The van der Waals surface area contributed by atoms with Crippen LogP contribution in [0.25, 0.3) is 0 Å². The third-order valence-corrected chi connectivity index (χ3v) is 5.22. The number of hydrogen-bond donors (Lipinski definition) is 0. The summed E-state index contributed by atoms with van der Waals surface area (Å²) in [4.78, 5) is 0. The van der Waals surface area contributed by atoms with E-state index in [2.05, 4.69) is 22.0 Å². The summed E-state index contributed by atoms with van der Waals surface area (Å²) in [7, 11) is -0.713. The van der Waals surface area contributed by atoms with Gasteiger partial charge in [-0.25, -0.2) is 0 Å². The number of halogens is 1. The van der Waals surface area contributed by atoms with E-state index in [1.807, 2.05) is 48.5 Å². The van der Waals surface area contributed by atoms with Gasteiger partial charge in [-0.15, -0.1) is 0 Å². The van der Waals surface area contributed by atoms with Crippen LogP contribution >= 0.6 is 15.9 Å². The minimum absolute atomic E-state index is 0.129. The van der Waals surface area contributed by atoms with Gasteiger partial charge in [-0.2, -0.15) is 5.26 Å². The van der Waals surface area contributed by atoms with Crippen molar-refractivity contribution in [3.05, 3.63) is 94.0 Å². The molecule has 1 heterocycles. The van der Waals surface area contributed by atoms with E-state index in [0.717, 1.165) is 15.6 Å². The lowest BCUT2D eigenvalue weighted by atomic mass is 10.1. The Labute approximate surface area is 178 Å². The molecule has 3 aromatic carbocycles. The monoisotopic (exact) mass is 449 g/mol. The third kappa shape index (κ3) is 5.05. The summed E-state index contributed by atoms with van der Waals surface area (Å²) in [5, 5.41) is 8.88. The van der Waals surface area contributed by atoms with Gasteiger partial charge in [0.15, 0.2) is 0 Å². The molecule has 1 saturated heterocycles. The van der Waals surface area contributed by atoms with E-state index in [0.29, 0.717) is 30.3 Å². The van der Waals surface area contributed by atoms with Crippen molar-refractivity contribution in [3.63, 3.8) is 0 Å². The van der Waals surface area contributed by atoms with Crippen molar-refractivity contribution >= 4 is 23.3 Å². The highest BCUT2D eigenvalue weighted by atomic mass is 79.9. The zero-order chi connectivity index (χ0) is 20.1. The fourth-order valence-corrected chi connectivity index (χ4v) is 3.29. The van der Waals surface area contributed by atoms with Gasteiger partial charge >= 0.3 is 7.32 Å². The second-order valence-electron chi connectivity index (χ2n) is 6.46. The van der Waals surface area contributed by atoms with Crippen LogP contribution in [0.1, 0.15) is 22.8 Å². The molecular weight excluding hydrogens is 433 g/mol. The maximum absolute atomic E-state index is 8.88. The van der Waals surface area contributed by atoms with Gasteiger partial charge in [0.2, 0.25) is 0 Å². The molecule has 0 bridgehead atoms. The minimum atomic E-state index is -0.713. The Balaban J connectivity index is 1.36. The largest absolute Gasteiger partial charge is 0.640 e. The molecule has 5 nitrogen and oxygen atoms in total. The molecule has 3 aromatic rings. The van der Waals surface area contributed by atoms with Crippen molar-refractivity contribution < 1.29 is 18.7 Å². The van der Waals surface area contributed by atoms with Crippen LogP contribution in [0, 0.1) is 11.3 Å². The number of nitrogens with zero attached hydrogens (tertiary/aromatic N) is 1. The van der Waals surface area contributed by atoms with Crippen molar-refractivity contribution in [3.8, 4) is 17.6 Å². The van der Waals surface area contributed by atoms with Crippen molar-refractivity contribution in [2.24, 2.45) is 0 Å². The molecule has 1 fully saturated rings. The van der Waals surface area contributed by atoms with Gasteiger partial charge in [0.25, 0.3) is 0 Å². The molecular formula is C22H17BBrNO4. The molecule has 144 valence electrons. The van der Waals surface area contributed by atoms with E-state index >= 15 is 0 Å². The van der Waals surface area contributed by atoms with Crippen LogP contribution in [0.4, 0.5) is 0 Å². The maximum atomic E-state index is 8.88. The highest BCUT2D eigenvalue weighted by molar-refractivity contribution is 9.10. The highest BCUT2D eigenvalue weighted by Gasteiger charge is 2.34. The molecule has 1 atom stereocenters. The smallest absolute Gasteiger partial charge is 0.457 e. The van der Waals surface area contributed by atoms with Crippen LogP contribution in [-0.2, 0) is 20.6 Å². The topological polar surface area (TPSA) is 60.7 Å². The van der Waals surface area contributed by atoms with Gasteiger partial charge in [0.05, 0.1) is 31.0 Å². The van der Waals surface area contributed by atoms with Crippen molar-refractivity contribution in [1.82, 2.24) is 0 Å². The summed E-state index contributed by atoms with van der Waals surface area (Å²) in [6, 6.07) is 24.7. The summed E-state index contributed by atoms with van der Waals surface area (Å²) < 4.78 is 24.0. The quantitative estimate of drug-likeness (QED) is 0.471. The molecule has 0 saturated carbocycles. The lowest BCUT2D eigenvalue weighted by molar-refractivity contribution is 0.153. The SMILES string of the molecule is N#Cc1ccc(Oc2ccc(Br)c(COB3OCC(c4ccccc4)O3)c2)cc1. The van der Waals surface area contributed by atoms with Gasteiger partial charge in [-0.1, -0.05) is 46.3 Å². The van der Waals surface area contributed by atoms with Crippen molar-refractivity contribution in [1.29, 1.82) is 5.26 Å². The Bertz CT molecular complexity index is 1010. The van der Waals surface area contributed by atoms with Crippen LogP contribution in [0.15, 0.2) is 77.3 Å². The molecule has 0 aromatic heterocycles. The van der Waals surface area contributed by atoms with E-state index in [1.165, 1.54) is 0 Å². The first-order valence-corrected chi connectivity index (χ1v) is 9.90. The van der Waals surface area contributed by atoms with Crippen LogP contribution in [-0.4, -0.2) is 13.9 Å². The number of hydrogen-bond acceptors (Lipinski definition) is 5. The first-order valence-electron chi connectivity index (χ1n) is 9.11. The third-order valence-electron chi connectivity index (χ3n) is 4.44. The lowest BCUT2D eigenvalue weighted by Gasteiger charge is -2.12. The van der Waals surface area contributed by atoms with E-state index in [1.54, 1.807) is 24.3 Å². The molecule has 1 unspecified atom stereocenters. The Kier molecular flexibility index (Phi) is 6.28. The van der Waals surface area contributed by atoms with Gasteiger partial charge in [0, 0.05) is 4.47 Å². The van der Waals surface area contributed by atoms with E-state index in [4.69, 9.17) is 24.0 Å². The van der Waals surface area contributed by atoms with E-state index < -0.39 is 7.32 Å². The molecule has 4 rings (SSSR count). The number of rotatable bonds is 6. The van der Waals surface area contributed by atoms with Crippen LogP contribution < -0.4 is 4.74 Å². The summed E-state index contributed by atoms with van der Waals surface area (Å²) in [6.07, 6.45) is -0.129. The Morgan fingerprint density at radius 2 is 1.79 bits per heavy atom. The molecule has 0 spiro atoms. The van der Waals surface area contributed by atoms with E-state index in [-0.39, 0.29) is 6.10 Å². The summed E-state index contributed by atoms with van der Waals surface area (Å²) in [5.41, 5.74) is 2.57. The predicted molar refractivity (Wildman–Crippen MR) is 112 cm³/mol. The first-order chi connectivity index (χ1) is 14.2. The summed E-state index contributed by atoms with van der Waals surface area (Å²) in [6.45, 7) is 0.759. The van der Waals surface area contributed by atoms with Gasteiger partial charge in [-0.05, 0) is 53.6 Å². The van der Waals surface area contributed by atoms with Crippen LogP contribution in [0.3, 0.4) is 0 Å². The molecule has 29 heavy (non-hydrogen) atoms. The summed E-state index contributed by atoms with van der Waals surface area (Å²) in [5.74, 6) is 1.33. The fourth-order valence-electron chi connectivity index (χ4n) is 2.93. The maximum Gasteiger partial charge on any atom is 0.640 e. The molecule has 0 radical (unpaired) electrons. The van der Waals surface area contributed by atoms with Crippen LogP contribution in [0.2, 0.25) is 0 Å². The standard InChI is InChI=1S/C22H17BBrNO4/c24-21-11-10-20(28-19-8-6-16(13-25)7-9-19)12-18(21)14-26-23-27-15-22(29-23)17-4-2-1-3-5-17/h1-12,22H,14-15H2. The molecule has 1 aliphatic rings. The Morgan fingerprint density at radius 1 is 1.03 bits per heavy atom. The van der Waals surface area contributed by atoms with Crippen LogP contribution in [0.5, 0.6) is 11.5 Å². The van der Waals surface area contributed by atoms with Gasteiger partial charge in [0.1, 0.15) is 11.5 Å². The normalized spacial score (nSPS) is 15.9. The molecule has 0 aliphatic carbocycles. The highest BCUT2D eigenvalue weighted by Crippen LogP contribution is 2.29. The minimum Gasteiger partial charge on any atom is -0.457 e. The predicted octanol–water partition coefficient (Wildman–Crippen LogP) is 5.40. The zero-order valence-corrected chi connectivity index (χ0v) is 17.0. The van der Waals surface area contributed by atoms with Crippen molar-refractivity contribution in [2.75, 3.05) is 6.61 Å². The van der Waals surface area contributed by atoms with E-state index in [9.17, 15) is 0 Å². The molecule has 1 aliphatic heterocycles. The average Bonchev–Trinajstić information content (AvgIpc) is 3.24.